The van der Waals surface area contributed by atoms with Crippen LogP contribution in [-0.4, -0.2) is 17.8 Å². The molecule has 0 bridgehead atoms. The lowest BCUT2D eigenvalue weighted by atomic mass is 9.95. The van der Waals surface area contributed by atoms with E-state index in [1.54, 1.807) is 19.2 Å². The Balaban J connectivity index is 1.61. The topological polar surface area (TPSA) is 34.1 Å². The van der Waals surface area contributed by atoms with Crippen LogP contribution >= 0.6 is 11.6 Å². The Bertz CT molecular complexity index is 1080. The van der Waals surface area contributed by atoms with Gasteiger partial charge < -0.3 is 9.47 Å². The predicted octanol–water partition coefficient (Wildman–Crippen LogP) is 5.73. The van der Waals surface area contributed by atoms with E-state index in [-0.39, 0.29) is 11.9 Å². The van der Waals surface area contributed by atoms with Crippen LogP contribution in [-0.2, 0) is 0 Å². The summed E-state index contributed by atoms with van der Waals surface area (Å²) in [7, 11) is 1.63. The lowest BCUT2D eigenvalue weighted by Crippen LogP contribution is -2.33. The van der Waals surface area contributed by atoms with Crippen molar-refractivity contribution in [3.05, 3.63) is 94.3 Å². The minimum atomic E-state index is -0.478. The second kappa shape index (κ2) is 7.08. The molecule has 0 spiro atoms. The molecule has 0 N–H and O–H groups in total. The first-order valence-electron chi connectivity index (χ1n) is 9.35. The van der Waals surface area contributed by atoms with Gasteiger partial charge in [0.05, 0.1) is 18.9 Å². The SMILES string of the molecule is COc1cccc2c1O[C@H](c1ccc(F)cc1)N1N=C(c3ccc(Cl)cc3)C[C@@H]21. The Morgan fingerprint density at radius 1 is 1.07 bits per heavy atom. The average Bonchev–Trinajstić information content (AvgIpc) is 3.19. The maximum Gasteiger partial charge on any atom is 0.214 e. The van der Waals surface area contributed by atoms with E-state index in [0.29, 0.717) is 16.5 Å². The summed E-state index contributed by atoms with van der Waals surface area (Å²) in [5.74, 6) is 1.10. The van der Waals surface area contributed by atoms with Crippen LogP contribution in [0.5, 0.6) is 11.5 Å². The number of hydrazone groups is 1. The number of halogens is 2. The van der Waals surface area contributed by atoms with Crippen LogP contribution in [0.25, 0.3) is 0 Å². The summed E-state index contributed by atoms with van der Waals surface area (Å²) in [6, 6.07) is 19.9. The average molecular weight is 409 g/mol. The molecule has 0 saturated heterocycles. The molecule has 5 rings (SSSR count). The molecule has 4 nitrogen and oxygen atoms in total. The van der Waals surface area contributed by atoms with Crippen molar-refractivity contribution >= 4 is 17.3 Å². The normalized spacial score (nSPS) is 19.8. The number of ether oxygens (including phenoxy) is 2. The smallest absolute Gasteiger partial charge is 0.214 e. The quantitative estimate of drug-likeness (QED) is 0.555. The molecule has 2 atom stereocenters. The number of hydrogen-bond acceptors (Lipinski definition) is 4. The van der Waals surface area contributed by atoms with Gasteiger partial charge in [-0.15, -0.1) is 0 Å². The number of methoxy groups -OCH3 is 1. The van der Waals surface area contributed by atoms with Crippen LogP contribution in [0.3, 0.4) is 0 Å². The van der Waals surface area contributed by atoms with Gasteiger partial charge in [-0.05, 0) is 35.9 Å². The highest BCUT2D eigenvalue weighted by molar-refractivity contribution is 6.30. The van der Waals surface area contributed by atoms with Gasteiger partial charge in [0, 0.05) is 22.6 Å². The van der Waals surface area contributed by atoms with Gasteiger partial charge in [0.2, 0.25) is 6.23 Å². The molecule has 0 saturated carbocycles. The molecule has 0 unspecified atom stereocenters. The summed E-state index contributed by atoms with van der Waals surface area (Å²) < 4.78 is 25.4. The number of benzene rings is 3. The van der Waals surface area contributed by atoms with E-state index in [1.165, 1.54) is 12.1 Å². The summed E-state index contributed by atoms with van der Waals surface area (Å²) in [6.45, 7) is 0. The van der Waals surface area contributed by atoms with Crippen LogP contribution in [0, 0.1) is 5.82 Å². The first kappa shape index (κ1) is 18.0. The predicted molar refractivity (Wildman–Crippen MR) is 110 cm³/mol. The van der Waals surface area contributed by atoms with Crippen LogP contribution in [0.1, 0.15) is 35.4 Å². The van der Waals surface area contributed by atoms with Crippen molar-refractivity contribution in [2.45, 2.75) is 18.7 Å². The fraction of sp³-hybridized carbons (Fsp3) is 0.174. The molecule has 0 aromatic heterocycles. The number of nitrogens with zero attached hydrogens (tertiary/aromatic N) is 2. The van der Waals surface area contributed by atoms with Crippen LogP contribution in [0.4, 0.5) is 4.39 Å². The molecule has 146 valence electrons. The van der Waals surface area contributed by atoms with Crippen molar-refractivity contribution in [1.82, 2.24) is 5.01 Å². The minimum absolute atomic E-state index is 0.00502. The summed E-state index contributed by atoms with van der Waals surface area (Å²) in [6.07, 6.45) is 0.247. The van der Waals surface area contributed by atoms with Crippen molar-refractivity contribution in [2.24, 2.45) is 5.10 Å². The Morgan fingerprint density at radius 2 is 1.83 bits per heavy atom. The minimum Gasteiger partial charge on any atom is -0.493 e. The molecule has 6 heteroatoms. The van der Waals surface area contributed by atoms with Crippen molar-refractivity contribution < 1.29 is 13.9 Å². The van der Waals surface area contributed by atoms with Crippen molar-refractivity contribution in [2.75, 3.05) is 7.11 Å². The first-order chi connectivity index (χ1) is 14.1. The fourth-order valence-electron chi connectivity index (χ4n) is 3.91. The van der Waals surface area contributed by atoms with Crippen molar-refractivity contribution in [3.8, 4) is 11.5 Å². The standard InChI is InChI=1S/C23H18ClFN2O2/c1-28-21-4-2-3-18-20-13-19(14-5-9-16(24)10-6-14)26-27(20)23(29-22(18)21)15-7-11-17(25)12-8-15/h2-12,20,23H,13H2,1H3/t20-,23+/m0/s1. The maximum atomic E-state index is 13.5. The molecular weight excluding hydrogens is 391 g/mol. The summed E-state index contributed by atoms with van der Waals surface area (Å²) >= 11 is 6.04. The van der Waals surface area contributed by atoms with E-state index < -0.39 is 6.23 Å². The third-order valence-electron chi connectivity index (χ3n) is 5.33. The summed E-state index contributed by atoms with van der Waals surface area (Å²) in [5.41, 5.74) is 3.83. The molecule has 2 aliphatic rings. The van der Waals surface area contributed by atoms with E-state index in [2.05, 4.69) is 0 Å². The molecule has 2 heterocycles. The molecule has 3 aromatic carbocycles. The molecule has 0 fully saturated rings. The molecule has 3 aromatic rings. The van der Waals surface area contributed by atoms with Gasteiger partial charge in [-0.1, -0.05) is 48.0 Å². The Hall–Kier alpha value is -3.05. The van der Waals surface area contributed by atoms with Crippen molar-refractivity contribution in [1.29, 1.82) is 0 Å². The number of fused-ring (bicyclic) bond motifs is 3. The lowest BCUT2D eigenvalue weighted by molar-refractivity contribution is -0.0209. The fourth-order valence-corrected chi connectivity index (χ4v) is 4.03. The third kappa shape index (κ3) is 3.12. The molecule has 0 radical (unpaired) electrons. The first-order valence-corrected chi connectivity index (χ1v) is 9.72. The highest BCUT2D eigenvalue weighted by atomic mass is 35.5. The molecule has 0 aliphatic carbocycles. The number of rotatable bonds is 3. The van der Waals surface area contributed by atoms with Gasteiger partial charge in [-0.2, -0.15) is 5.10 Å². The highest BCUT2D eigenvalue weighted by Gasteiger charge is 2.42. The second-order valence-electron chi connectivity index (χ2n) is 7.05. The molecule has 0 amide bonds. The number of hydrogen-bond donors (Lipinski definition) is 0. The summed E-state index contributed by atoms with van der Waals surface area (Å²) in [4.78, 5) is 0. The zero-order chi connectivity index (χ0) is 20.0. The van der Waals surface area contributed by atoms with Crippen LogP contribution < -0.4 is 9.47 Å². The Labute approximate surface area is 173 Å². The van der Waals surface area contributed by atoms with Crippen LogP contribution in [0.2, 0.25) is 5.02 Å². The van der Waals surface area contributed by atoms with Gasteiger partial charge in [0.1, 0.15) is 5.82 Å². The van der Waals surface area contributed by atoms with Gasteiger partial charge >= 0.3 is 0 Å². The molecule has 2 aliphatic heterocycles. The maximum absolute atomic E-state index is 13.5. The highest BCUT2D eigenvalue weighted by Crippen LogP contribution is 2.50. The lowest BCUT2D eigenvalue weighted by Gasteiger charge is -2.38. The van der Waals surface area contributed by atoms with E-state index in [1.807, 2.05) is 47.5 Å². The van der Waals surface area contributed by atoms with E-state index in [4.69, 9.17) is 26.2 Å². The van der Waals surface area contributed by atoms with E-state index >= 15 is 0 Å². The largest absolute Gasteiger partial charge is 0.493 e. The monoisotopic (exact) mass is 408 g/mol. The van der Waals surface area contributed by atoms with Gasteiger partial charge in [0.15, 0.2) is 11.5 Å². The Morgan fingerprint density at radius 3 is 2.55 bits per heavy atom. The van der Waals surface area contributed by atoms with E-state index in [0.717, 1.165) is 28.8 Å². The Kier molecular flexibility index (Phi) is 4.40. The van der Waals surface area contributed by atoms with Gasteiger partial charge in [-0.25, -0.2) is 9.40 Å². The van der Waals surface area contributed by atoms with Crippen molar-refractivity contribution in [3.63, 3.8) is 0 Å². The zero-order valence-corrected chi connectivity index (χ0v) is 16.4. The van der Waals surface area contributed by atoms with Crippen LogP contribution in [0.15, 0.2) is 71.8 Å². The summed E-state index contributed by atoms with van der Waals surface area (Å²) in [5, 5.41) is 7.54. The second-order valence-corrected chi connectivity index (χ2v) is 7.49. The van der Waals surface area contributed by atoms with Gasteiger partial charge in [0.25, 0.3) is 0 Å². The molecular formula is C23H18ClFN2O2. The third-order valence-corrected chi connectivity index (χ3v) is 5.58. The molecule has 29 heavy (non-hydrogen) atoms. The number of para-hydroxylation sites is 1. The van der Waals surface area contributed by atoms with E-state index in [9.17, 15) is 4.39 Å². The zero-order valence-electron chi connectivity index (χ0n) is 15.7. The van der Waals surface area contributed by atoms with Gasteiger partial charge in [-0.3, -0.25) is 0 Å².